The van der Waals surface area contributed by atoms with Crippen LogP contribution in [0, 0.1) is 0 Å². The van der Waals surface area contributed by atoms with Gasteiger partial charge in [-0.25, -0.2) is 0 Å². The molecular weight excluding hydrogens is 356 g/mol. The van der Waals surface area contributed by atoms with Crippen LogP contribution in [0.3, 0.4) is 0 Å². The molecule has 0 aromatic heterocycles. The van der Waals surface area contributed by atoms with Crippen LogP contribution in [0.1, 0.15) is 27.0 Å². The Morgan fingerprint density at radius 1 is 1.07 bits per heavy atom. The fraction of sp³-hybridized carbons (Fsp3) is 0.364. The molecule has 0 fully saturated rings. The minimum absolute atomic E-state index is 0.174. The van der Waals surface area contributed by atoms with Gasteiger partial charge in [-0.15, -0.1) is 0 Å². The smallest absolute Gasteiger partial charge is 0.309 e. The molecule has 148 valence electrons. The number of aliphatic hydroxyl groups is 1. The summed E-state index contributed by atoms with van der Waals surface area (Å²) < 4.78 is 4.62. The van der Waals surface area contributed by atoms with E-state index in [1.807, 2.05) is 12.1 Å². The van der Waals surface area contributed by atoms with Gasteiger partial charge in [0.15, 0.2) is 0 Å². The molecule has 6 heteroatoms. The molecule has 1 amide bonds. The zero-order valence-corrected chi connectivity index (χ0v) is 16.0. The Morgan fingerprint density at radius 2 is 1.71 bits per heavy atom. The molecule has 0 saturated carbocycles. The monoisotopic (exact) mass is 382 g/mol. The molecule has 0 spiro atoms. The fourth-order valence-electron chi connectivity index (χ4n) is 3.40. The molecule has 0 saturated heterocycles. The first kappa shape index (κ1) is 20.0. The zero-order valence-electron chi connectivity index (χ0n) is 16.0. The van der Waals surface area contributed by atoms with E-state index in [1.54, 1.807) is 24.3 Å². The maximum atomic E-state index is 12.2. The quantitative estimate of drug-likeness (QED) is 0.598. The van der Waals surface area contributed by atoms with E-state index >= 15 is 0 Å². The largest absolute Gasteiger partial charge is 0.469 e. The Hall–Kier alpha value is -2.70. The second kappa shape index (κ2) is 9.48. The summed E-state index contributed by atoms with van der Waals surface area (Å²) in [5.41, 5.74) is 3.99. The predicted octanol–water partition coefficient (Wildman–Crippen LogP) is 1.25. The van der Waals surface area contributed by atoms with Crippen LogP contribution in [0.25, 0.3) is 0 Å². The molecule has 2 aromatic carbocycles. The second-order valence-electron chi connectivity index (χ2n) is 7.10. The van der Waals surface area contributed by atoms with Crippen molar-refractivity contribution in [2.24, 2.45) is 0 Å². The van der Waals surface area contributed by atoms with E-state index in [0.717, 1.165) is 18.4 Å². The van der Waals surface area contributed by atoms with Crippen molar-refractivity contribution in [3.63, 3.8) is 0 Å². The first-order chi connectivity index (χ1) is 13.5. The lowest BCUT2D eigenvalue weighted by Gasteiger charge is -2.17. The van der Waals surface area contributed by atoms with E-state index in [2.05, 4.69) is 27.5 Å². The molecule has 3 rings (SSSR count). The summed E-state index contributed by atoms with van der Waals surface area (Å²) in [6.07, 6.45) is 1.44. The van der Waals surface area contributed by atoms with Crippen LogP contribution in [-0.2, 0) is 28.8 Å². The van der Waals surface area contributed by atoms with E-state index in [1.165, 1.54) is 18.2 Å². The molecule has 3 N–H and O–H groups in total. The number of aliphatic hydroxyl groups excluding tert-OH is 1. The Balaban J connectivity index is 1.39. The average Bonchev–Trinajstić information content (AvgIpc) is 3.14. The normalized spacial score (nSPS) is 14.4. The number of nitrogens with one attached hydrogen (secondary N) is 2. The molecule has 1 atom stereocenters. The van der Waals surface area contributed by atoms with Gasteiger partial charge in [-0.2, -0.15) is 0 Å². The summed E-state index contributed by atoms with van der Waals surface area (Å²) in [5.74, 6) is -0.574. The van der Waals surface area contributed by atoms with Crippen molar-refractivity contribution >= 4 is 11.9 Å². The number of hydrogen-bond acceptors (Lipinski definition) is 5. The average molecular weight is 382 g/mol. The lowest BCUT2D eigenvalue weighted by Crippen LogP contribution is -2.41. The van der Waals surface area contributed by atoms with Crippen LogP contribution >= 0.6 is 0 Å². The van der Waals surface area contributed by atoms with Crippen molar-refractivity contribution in [1.29, 1.82) is 0 Å². The minimum Gasteiger partial charge on any atom is -0.469 e. The lowest BCUT2D eigenvalue weighted by atomic mass is 10.1. The Labute approximate surface area is 164 Å². The van der Waals surface area contributed by atoms with Gasteiger partial charge in [0, 0.05) is 24.7 Å². The van der Waals surface area contributed by atoms with Gasteiger partial charge < -0.3 is 20.5 Å². The summed E-state index contributed by atoms with van der Waals surface area (Å²) in [7, 11) is 1.34. The molecule has 0 heterocycles. The van der Waals surface area contributed by atoms with Gasteiger partial charge in [0.1, 0.15) is 0 Å². The second-order valence-corrected chi connectivity index (χ2v) is 7.10. The van der Waals surface area contributed by atoms with Crippen molar-refractivity contribution in [3.05, 3.63) is 70.8 Å². The summed E-state index contributed by atoms with van der Waals surface area (Å²) in [6.45, 7) is 0.604. The highest BCUT2D eigenvalue weighted by atomic mass is 16.5. The van der Waals surface area contributed by atoms with E-state index in [-0.39, 0.29) is 24.8 Å². The van der Waals surface area contributed by atoms with Crippen LogP contribution in [0.15, 0.2) is 48.5 Å². The summed E-state index contributed by atoms with van der Waals surface area (Å²) >= 11 is 0. The highest BCUT2D eigenvalue weighted by Crippen LogP contribution is 2.21. The number of hydrogen-bond donors (Lipinski definition) is 3. The number of carbonyl (C=O) groups excluding carboxylic acids is 2. The van der Waals surface area contributed by atoms with E-state index in [9.17, 15) is 14.7 Å². The van der Waals surface area contributed by atoms with Gasteiger partial charge in [-0.3, -0.25) is 9.59 Å². The third-order valence-corrected chi connectivity index (χ3v) is 4.98. The topological polar surface area (TPSA) is 87.7 Å². The molecular formula is C22H26N2O4. The third-order valence-electron chi connectivity index (χ3n) is 4.98. The van der Waals surface area contributed by atoms with Crippen molar-refractivity contribution in [1.82, 2.24) is 10.6 Å². The zero-order chi connectivity index (χ0) is 19.9. The highest BCUT2D eigenvalue weighted by molar-refractivity contribution is 5.94. The van der Waals surface area contributed by atoms with Gasteiger partial charge in [0.05, 0.1) is 19.6 Å². The van der Waals surface area contributed by atoms with E-state index < -0.39 is 6.10 Å². The van der Waals surface area contributed by atoms with Gasteiger partial charge in [-0.05, 0) is 41.7 Å². The SMILES string of the molecule is COC(=O)Cc1ccc(C(=O)NCC(O)CNC2Cc3ccccc3C2)cc1. The van der Waals surface area contributed by atoms with Crippen LogP contribution in [0.4, 0.5) is 0 Å². The molecule has 2 aromatic rings. The van der Waals surface area contributed by atoms with Crippen LogP contribution in [-0.4, -0.2) is 49.3 Å². The van der Waals surface area contributed by atoms with E-state index in [4.69, 9.17) is 0 Å². The number of carbonyl (C=O) groups is 2. The molecule has 0 aliphatic heterocycles. The lowest BCUT2D eigenvalue weighted by molar-refractivity contribution is -0.139. The summed E-state index contributed by atoms with van der Waals surface area (Å²) in [6, 6.07) is 15.5. The number of esters is 1. The van der Waals surface area contributed by atoms with Gasteiger partial charge in [-0.1, -0.05) is 36.4 Å². The number of benzene rings is 2. The maximum Gasteiger partial charge on any atom is 0.309 e. The number of fused-ring (bicyclic) bond motifs is 1. The maximum absolute atomic E-state index is 12.2. The number of ether oxygens (including phenoxy) is 1. The Bertz CT molecular complexity index is 795. The van der Waals surface area contributed by atoms with Crippen molar-refractivity contribution < 1.29 is 19.4 Å². The van der Waals surface area contributed by atoms with Crippen LogP contribution in [0.2, 0.25) is 0 Å². The van der Waals surface area contributed by atoms with Crippen molar-refractivity contribution in [2.45, 2.75) is 31.4 Å². The molecule has 1 unspecified atom stereocenters. The van der Waals surface area contributed by atoms with Crippen molar-refractivity contribution in [3.8, 4) is 0 Å². The fourth-order valence-corrected chi connectivity index (χ4v) is 3.40. The first-order valence-corrected chi connectivity index (χ1v) is 9.47. The van der Waals surface area contributed by atoms with Gasteiger partial charge in [0.2, 0.25) is 0 Å². The number of methoxy groups -OCH3 is 1. The molecule has 1 aliphatic carbocycles. The third kappa shape index (κ3) is 5.41. The Morgan fingerprint density at radius 3 is 2.32 bits per heavy atom. The predicted molar refractivity (Wildman–Crippen MR) is 106 cm³/mol. The van der Waals surface area contributed by atoms with Gasteiger partial charge >= 0.3 is 5.97 Å². The highest BCUT2D eigenvalue weighted by Gasteiger charge is 2.21. The molecule has 28 heavy (non-hydrogen) atoms. The first-order valence-electron chi connectivity index (χ1n) is 9.47. The molecule has 6 nitrogen and oxygen atoms in total. The summed E-state index contributed by atoms with van der Waals surface area (Å²) in [4.78, 5) is 23.5. The number of amides is 1. The molecule has 0 radical (unpaired) electrons. The van der Waals surface area contributed by atoms with Crippen LogP contribution in [0.5, 0.6) is 0 Å². The van der Waals surface area contributed by atoms with Crippen LogP contribution < -0.4 is 10.6 Å². The number of rotatable bonds is 8. The van der Waals surface area contributed by atoms with Gasteiger partial charge in [0.25, 0.3) is 5.91 Å². The minimum atomic E-state index is -0.661. The molecule has 1 aliphatic rings. The summed E-state index contributed by atoms with van der Waals surface area (Å²) in [5, 5.41) is 16.3. The van der Waals surface area contributed by atoms with E-state index in [0.29, 0.717) is 18.2 Å². The van der Waals surface area contributed by atoms with Crippen molar-refractivity contribution in [2.75, 3.05) is 20.2 Å². The standard InChI is InChI=1S/C22H26N2O4/c1-28-21(26)10-15-6-8-16(9-7-15)22(27)24-14-20(25)13-23-19-11-17-4-2-3-5-18(17)12-19/h2-9,19-20,23,25H,10-14H2,1H3,(H,24,27). The Kier molecular flexibility index (Phi) is 6.79. The molecule has 0 bridgehead atoms.